The van der Waals surface area contributed by atoms with E-state index in [1.54, 1.807) is 43.5 Å². The fourth-order valence-electron chi connectivity index (χ4n) is 4.07. The second-order valence-electron chi connectivity index (χ2n) is 8.60. The van der Waals surface area contributed by atoms with E-state index in [9.17, 15) is 19.2 Å². The number of carbonyl (C=O) groups is 4. The quantitative estimate of drug-likeness (QED) is 0.367. The van der Waals surface area contributed by atoms with E-state index in [-0.39, 0.29) is 13.0 Å². The Morgan fingerprint density at radius 1 is 0.892 bits per heavy atom. The summed E-state index contributed by atoms with van der Waals surface area (Å²) in [5, 5.41) is 2.73. The molecule has 1 atom stereocenters. The maximum absolute atomic E-state index is 13.5. The third kappa shape index (κ3) is 5.61. The number of hydrogen-bond acceptors (Lipinski definition) is 6. The number of rotatable bonds is 8. The van der Waals surface area contributed by atoms with E-state index in [2.05, 4.69) is 10.1 Å². The number of aryl methyl sites for hydroxylation is 1. The van der Waals surface area contributed by atoms with E-state index in [0.717, 1.165) is 16.0 Å². The zero-order chi connectivity index (χ0) is 26.5. The van der Waals surface area contributed by atoms with Crippen LogP contribution in [0.15, 0.2) is 72.8 Å². The van der Waals surface area contributed by atoms with Gasteiger partial charge in [0, 0.05) is 12.2 Å². The fraction of sp³-hybridized carbons (Fsp3) is 0.214. The Bertz CT molecular complexity index is 1300. The summed E-state index contributed by atoms with van der Waals surface area (Å²) >= 11 is 0. The van der Waals surface area contributed by atoms with Crippen LogP contribution in [-0.2, 0) is 20.9 Å². The Morgan fingerprint density at radius 2 is 1.54 bits per heavy atom. The summed E-state index contributed by atoms with van der Waals surface area (Å²) in [6.45, 7) is 2.06. The van der Waals surface area contributed by atoms with Crippen molar-refractivity contribution in [3.05, 3.63) is 89.5 Å². The first-order valence-electron chi connectivity index (χ1n) is 11.6. The Labute approximate surface area is 214 Å². The van der Waals surface area contributed by atoms with Crippen LogP contribution in [0.4, 0.5) is 16.2 Å². The van der Waals surface area contributed by atoms with Crippen LogP contribution in [0.3, 0.4) is 0 Å². The van der Waals surface area contributed by atoms with Gasteiger partial charge in [-0.05, 0) is 61.0 Å². The summed E-state index contributed by atoms with van der Waals surface area (Å²) in [6.07, 6.45) is -0.234. The SMILES string of the molecule is COC(=O)c1ccc(NC(=O)C[C@H]2C(=O)N(c3ccc(C)cc3)C(=O)N2Cc2ccc(OC)cc2)cc1. The highest BCUT2D eigenvalue weighted by atomic mass is 16.5. The van der Waals surface area contributed by atoms with Gasteiger partial charge in [-0.1, -0.05) is 29.8 Å². The van der Waals surface area contributed by atoms with Gasteiger partial charge in [0.25, 0.3) is 5.91 Å². The predicted octanol–water partition coefficient (Wildman–Crippen LogP) is 4.16. The lowest BCUT2D eigenvalue weighted by molar-refractivity contribution is -0.124. The van der Waals surface area contributed by atoms with Crippen molar-refractivity contribution in [3.8, 4) is 5.75 Å². The molecule has 1 heterocycles. The molecule has 0 bridgehead atoms. The maximum Gasteiger partial charge on any atom is 0.337 e. The average Bonchev–Trinajstić information content (AvgIpc) is 3.13. The zero-order valence-electron chi connectivity index (χ0n) is 20.8. The van der Waals surface area contributed by atoms with E-state index < -0.39 is 29.9 Å². The molecular formula is C28H27N3O6. The minimum Gasteiger partial charge on any atom is -0.497 e. The van der Waals surface area contributed by atoms with Gasteiger partial charge in [0.1, 0.15) is 11.8 Å². The van der Waals surface area contributed by atoms with Crippen LogP contribution < -0.4 is 15.0 Å². The van der Waals surface area contributed by atoms with Gasteiger partial charge < -0.3 is 19.7 Å². The monoisotopic (exact) mass is 501 g/mol. The molecule has 37 heavy (non-hydrogen) atoms. The molecule has 3 aromatic rings. The van der Waals surface area contributed by atoms with Gasteiger partial charge in [-0.15, -0.1) is 0 Å². The highest BCUT2D eigenvalue weighted by molar-refractivity contribution is 6.22. The Morgan fingerprint density at radius 3 is 2.14 bits per heavy atom. The molecule has 0 aliphatic carbocycles. The number of anilines is 2. The highest BCUT2D eigenvalue weighted by Gasteiger charge is 2.46. The van der Waals surface area contributed by atoms with Crippen molar-refractivity contribution in [2.24, 2.45) is 0 Å². The summed E-state index contributed by atoms with van der Waals surface area (Å²) in [5.74, 6) is -0.734. The summed E-state index contributed by atoms with van der Waals surface area (Å²) in [7, 11) is 2.85. The van der Waals surface area contributed by atoms with Crippen molar-refractivity contribution in [3.63, 3.8) is 0 Å². The maximum atomic E-state index is 13.5. The molecule has 1 aliphatic rings. The third-order valence-electron chi connectivity index (χ3n) is 6.09. The van der Waals surface area contributed by atoms with Crippen LogP contribution in [0.25, 0.3) is 0 Å². The smallest absolute Gasteiger partial charge is 0.337 e. The summed E-state index contributed by atoms with van der Waals surface area (Å²) in [5.41, 5.74) is 3.02. The van der Waals surface area contributed by atoms with E-state index in [0.29, 0.717) is 22.7 Å². The number of urea groups is 1. The molecule has 0 radical (unpaired) electrons. The molecule has 0 aromatic heterocycles. The number of carbonyl (C=O) groups excluding carboxylic acids is 4. The average molecular weight is 502 g/mol. The Balaban J connectivity index is 1.56. The van der Waals surface area contributed by atoms with Crippen LogP contribution in [0.2, 0.25) is 0 Å². The van der Waals surface area contributed by atoms with Gasteiger partial charge in [0.15, 0.2) is 0 Å². The van der Waals surface area contributed by atoms with Gasteiger partial charge in [0.2, 0.25) is 5.91 Å². The molecule has 0 unspecified atom stereocenters. The van der Waals surface area contributed by atoms with Crippen molar-refractivity contribution < 1.29 is 28.7 Å². The van der Waals surface area contributed by atoms with Crippen molar-refractivity contribution in [2.75, 3.05) is 24.4 Å². The molecule has 9 nitrogen and oxygen atoms in total. The van der Waals surface area contributed by atoms with Crippen LogP contribution >= 0.6 is 0 Å². The van der Waals surface area contributed by atoms with Crippen LogP contribution in [0, 0.1) is 6.92 Å². The lowest BCUT2D eigenvalue weighted by Crippen LogP contribution is -2.37. The molecule has 9 heteroatoms. The van der Waals surface area contributed by atoms with Gasteiger partial charge in [-0.2, -0.15) is 0 Å². The van der Waals surface area contributed by atoms with Crippen LogP contribution in [0.5, 0.6) is 5.75 Å². The fourth-order valence-corrected chi connectivity index (χ4v) is 4.07. The van der Waals surface area contributed by atoms with Crippen LogP contribution in [0.1, 0.15) is 27.9 Å². The Kier molecular flexibility index (Phi) is 7.52. The number of nitrogens with zero attached hydrogens (tertiary/aromatic N) is 2. The first kappa shape index (κ1) is 25.4. The lowest BCUT2D eigenvalue weighted by atomic mass is 10.1. The van der Waals surface area contributed by atoms with Crippen molar-refractivity contribution >= 4 is 35.2 Å². The molecule has 1 fully saturated rings. The van der Waals surface area contributed by atoms with Crippen molar-refractivity contribution in [1.82, 2.24) is 4.90 Å². The number of imide groups is 1. The molecule has 4 rings (SSSR count). The Hall–Kier alpha value is -4.66. The number of nitrogens with one attached hydrogen (secondary N) is 1. The number of methoxy groups -OCH3 is 2. The predicted molar refractivity (Wildman–Crippen MR) is 137 cm³/mol. The zero-order valence-corrected chi connectivity index (χ0v) is 20.8. The lowest BCUT2D eigenvalue weighted by Gasteiger charge is -2.22. The molecule has 1 N–H and O–H groups in total. The molecular weight excluding hydrogens is 474 g/mol. The summed E-state index contributed by atoms with van der Waals surface area (Å²) in [6, 6.07) is 18.9. The van der Waals surface area contributed by atoms with Gasteiger partial charge in [-0.25, -0.2) is 14.5 Å². The number of esters is 1. The molecule has 190 valence electrons. The van der Waals surface area contributed by atoms with Crippen molar-refractivity contribution in [1.29, 1.82) is 0 Å². The summed E-state index contributed by atoms with van der Waals surface area (Å²) in [4.78, 5) is 54.0. The molecule has 0 saturated carbocycles. The first-order valence-corrected chi connectivity index (χ1v) is 11.6. The highest BCUT2D eigenvalue weighted by Crippen LogP contribution is 2.29. The minimum atomic E-state index is -0.995. The largest absolute Gasteiger partial charge is 0.497 e. The number of amides is 4. The number of ether oxygens (including phenoxy) is 2. The molecule has 3 aromatic carbocycles. The topological polar surface area (TPSA) is 105 Å². The molecule has 1 saturated heterocycles. The van der Waals surface area contributed by atoms with E-state index in [4.69, 9.17) is 4.74 Å². The number of hydrogen-bond donors (Lipinski definition) is 1. The van der Waals surface area contributed by atoms with Crippen molar-refractivity contribution in [2.45, 2.75) is 25.9 Å². The van der Waals surface area contributed by atoms with Gasteiger partial charge in [-0.3, -0.25) is 9.59 Å². The second-order valence-corrected chi connectivity index (χ2v) is 8.60. The molecule has 1 aliphatic heterocycles. The van der Waals surface area contributed by atoms with Gasteiger partial charge in [0.05, 0.1) is 31.9 Å². The van der Waals surface area contributed by atoms with E-state index in [1.165, 1.54) is 24.1 Å². The standard InChI is InChI=1S/C28H27N3O6/c1-18-4-12-22(13-5-18)31-26(33)24(30(28(31)35)17-19-6-14-23(36-2)15-7-19)16-25(32)29-21-10-8-20(9-11-21)27(34)37-3/h4-15,24H,16-17H2,1-3H3,(H,29,32)/t24-/m0/s1. The van der Waals surface area contributed by atoms with Gasteiger partial charge >= 0.3 is 12.0 Å². The van der Waals surface area contributed by atoms with E-state index >= 15 is 0 Å². The van der Waals surface area contributed by atoms with E-state index in [1.807, 2.05) is 31.2 Å². The summed E-state index contributed by atoms with van der Waals surface area (Å²) < 4.78 is 9.88. The normalized spacial score (nSPS) is 15.1. The molecule has 0 spiro atoms. The number of benzene rings is 3. The minimum absolute atomic E-state index is 0.142. The molecule has 4 amide bonds. The van der Waals surface area contributed by atoms with Crippen LogP contribution in [-0.4, -0.2) is 49.0 Å². The first-order chi connectivity index (χ1) is 17.8. The second kappa shape index (κ2) is 10.9. The third-order valence-corrected chi connectivity index (χ3v) is 6.09.